The molecule has 1 aliphatic carbocycles. The summed E-state index contributed by atoms with van der Waals surface area (Å²) in [4.78, 5) is 10.5. The molecular weight excluding hydrogens is 204 g/mol. The Bertz CT molecular complexity index is 231. The molecule has 88 valence electrons. The summed E-state index contributed by atoms with van der Waals surface area (Å²) in [6, 6.07) is 0. The summed E-state index contributed by atoms with van der Waals surface area (Å²) in [5.41, 5.74) is 0. The van der Waals surface area contributed by atoms with Gasteiger partial charge in [0.25, 0.3) is 0 Å². The van der Waals surface area contributed by atoms with Crippen molar-refractivity contribution in [3.05, 3.63) is 0 Å². The first-order valence-corrected chi connectivity index (χ1v) is 4.84. The number of aliphatic hydroxyl groups excluding tert-OH is 4. The zero-order chi connectivity index (χ0) is 11.6. The average molecular weight is 220 g/mol. The quantitative estimate of drug-likeness (QED) is 0.380. The summed E-state index contributed by atoms with van der Waals surface area (Å²) in [5, 5.41) is 45.7. The summed E-state index contributed by atoms with van der Waals surface area (Å²) in [7, 11) is 0. The van der Waals surface area contributed by atoms with Gasteiger partial charge in [0.15, 0.2) is 0 Å². The van der Waals surface area contributed by atoms with Crippen LogP contribution in [-0.2, 0) is 4.79 Å². The smallest absolute Gasteiger partial charge is 0.303 e. The predicted octanol–water partition coefficient (Wildman–Crippen LogP) is -1.83. The Morgan fingerprint density at radius 2 is 2.00 bits per heavy atom. The van der Waals surface area contributed by atoms with Gasteiger partial charge in [0.1, 0.15) is 0 Å². The second-order valence-electron chi connectivity index (χ2n) is 3.98. The molecule has 0 spiro atoms. The van der Waals surface area contributed by atoms with Gasteiger partial charge in [0.2, 0.25) is 0 Å². The third-order valence-electron chi connectivity index (χ3n) is 2.95. The van der Waals surface area contributed by atoms with Crippen molar-refractivity contribution in [2.24, 2.45) is 11.8 Å². The molecule has 6 heteroatoms. The zero-order valence-corrected chi connectivity index (χ0v) is 8.15. The van der Waals surface area contributed by atoms with E-state index < -0.39 is 42.7 Å². The van der Waals surface area contributed by atoms with Gasteiger partial charge in [-0.25, -0.2) is 0 Å². The van der Waals surface area contributed by atoms with Crippen molar-refractivity contribution in [1.82, 2.24) is 0 Å². The third kappa shape index (κ3) is 2.66. The van der Waals surface area contributed by atoms with Crippen LogP contribution in [0.3, 0.4) is 0 Å². The molecule has 1 aliphatic rings. The molecule has 0 aromatic rings. The highest BCUT2D eigenvalue weighted by Gasteiger charge is 2.45. The predicted molar refractivity (Wildman–Crippen MR) is 49.0 cm³/mol. The van der Waals surface area contributed by atoms with Crippen LogP contribution < -0.4 is 0 Å². The van der Waals surface area contributed by atoms with Crippen molar-refractivity contribution in [3.63, 3.8) is 0 Å². The Kier molecular flexibility index (Phi) is 4.04. The molecule has 1 fully saturated rings. The Balaban J connectivity index is 2.72. The molecule has 0 radical (unpaired) electrons. The van der Waals surface area contributed by atoms with Crippen molar-refractivity contribution in [2.75, 3.05) is 6.61 Å². The Hall–Kier alpha value is -0.690. The van der Waals surface area contributed by atoms with E-state index in [0.29, 0.717) is 0 Å². The van der Waals surface area contributed by atoms with E-state index in [1.165, 1.54) is 0 Å². The van der Waals surface area contributed by atoms with Crippen LogP contribution in [0.4, 0.5) is 0 Å². The number of aliphatic hydroxyl groups is 4. The Morgan fingerprint density at radius 3 is 2.47 bits per heavy atom. The third-order valence-corrected chi connectivity index (χ3v) is 2.95. The highest BCUT2D eigenvalue weighted by molar-refractivity contribution is 5.67. The fourth-order valence-electron chi connectivity index (χ4n) is 2.25. The van der Waals surface area contributed by atoms with Gasteiger partial charge in [-0.1, -0.05) is 0 Å². The van der Waals surface area contributed by atoms with E-state index in [2.05, 4.69) is 0 Å². The lowest BCUT2D eigenvalue weighted by Crippen LogP contribution is -2.37. The maximum atomic E-state index is 10.5. The van der Waals surface area contributed by atoms with E-state index in [1.807, 2.05) is 0 Å². The standard InChI is InChI=1S/C9H16O6/c10-3-6(12)8-4(2-7(13)14)1-5(11)9(8)15/h4-6,8-12,15H,1-3H2,(H,13,14)/t4?,5-,6+,8?,9-/m1/s1. The number of carbonyl (C=O) groups is 1. The molecule has 0 aliphatic heterocycles. The summed E-state index contributed by atoms with van der Waals surface area (Å²) < 4.78 is 0. The maximum Gasteiger partial charge on any atom is 0.303 e. The van der Waals surface area contributed by atoms with E-state index in [9.17, 15) is 20.1 Å². The van der Waals surface area contributed by atoms with Gasteiger partial charge < -0.3 is 25.5 Å². The first kappa shape index (κ1) is 12.4. The minimum Gasteiger partial charge on any atom is -0.481 e. The molecule has 1 rings (SSSR count). The van der Waals surface area contributed by atoms with E-state index in [1.54, 1.807) is 0 Å². The molecule has 0 heterocycles. The monoisotopic (exact) mass is 220 g/mol. The molecule has 2 unspecified atom stereocenters. The Morgan fingerprint density at radius 1 is 1.40 bits per heavy atom. The molecule has 0 aromatic heterocycles. The van der Waals surface area contributed by atoms with Crippen LogP contribution in [0.15, 0.2) is 0 Å². The number of carboxylic acid groups (broad SMARTS) is 1. The van der Waals surface area contributed by atoms with Crippen LogP contribution in [0.2, 0.25) is 0 Å². The molecule has 0 aromatic carbocycles. The SMILES string of the molecule is O=C(O)CC1C[C@@H](O)[C@@H](O)C1[C@@H](O)CO. The van der Waals surface area contributed by atoms with Crippen LogP contribution in [0.25, 0.3) is 0 Å². The molecule has 15 heavy (non-hydrogen) atoms. The largest absolute Gasteiger partial charge is 0.481 e. The van der Waals surface area contributed by atoms with Gasteiger partial charge in [-0.2, -0.15) is 0 Å². The van der Waals surface area contributed by atoms with Crippen LogP contribution in [0.5, 0.6) is 0 Å². The minimum absolute atomic E-state index is 0.134. The lowest BCUT2D eigenvalue weighted by Gasteiger charge is -2.24. The lowest BCUT2D eigenvalue weighted by atomic mass is 9.87. The topological polar surface area (TPSA) is 118 Å². The summed E-state index contributed by atoms with van der Waals surface area (Å²) in [6.07, 6.45) is -3.48. The zero-order valence-electron chi connectivity index (χ0n) is 8.15. The highest BCUT2D eigenvalue weighted by atomic mass is 16.4. The van der Waals surface area contributed by atoms with Gasteiger partial charge >= 0.3 is 5.97 Å². The first-order chi connectivity index (χ1) is 6.97. The van der Waals surface area contributed by atoms with Crippen LogP contribution >= 0.6 is 0 Å². The van der Waals surface area contributed by atoms with Gasteiger partial charge in [-0.15, -0.1) is 0 Å². The average Bonchev–Trinajstić information content (AvgIpc) is 2.41. The highest BCUT2D eigenvalue weighted by Crippen LogP contribution is 2.36. The van der Waals surface area contributed by atoms with Gasteiger partial charge in [-0.05, 0) is 12.3 Å². The van der Waals surface area contributed by atoms with E-state index in [-0.39, 0.29) is 12.8 Å². The maximum absolute atomic E-state index is 10.5. The van der Waals surface area contributed by atoms with Crippen molar-refractivity contribution < 1.29 is 30.3 Å². The fourth-order valence-corrected chi connectivity index (χ4v) is 2.25. The second kappa shape index (κ2) is 4.89. The molecule has 0 bridgehead atoms. The van der Waals surface area contributed by atoms with Crippen LogP contribution in [0, 0.1) is 11.8 Å². The Labute approximate surface area is 86.8 Å². The molecule has 0 saturated heterocycles. The number of rotatable bonds is 4. The first-order valence-electron chi connectivity index (χ1n) is 4.84. The van der Waals surface area contributed by atoms with Gasteiger partial charge in [0, 0.05) is 12.3 Å². The number of carboxylic acids is 1. The van der Waals surface area contributed by atoms with E-state index in [4.69, 9.17) is 10.2 Å². The molecule has 6 nitrogen and oxygen atoms in total. The normalized spacial score (nSPS) is 37.9. The summed E-state index contributed by atoms with van der Waals surface area (Å²) >= 11 is 0. The van der Waals surface area contributed by atoms with Crippen molar-refractivity contribution >= 4 is 5.97 Å². The minimum atomic E-state index is -1.19. The van der Waals surface area contributed by atoms with Crippen molar-refractivity contribution in [2.45, 2.75) is 31.2 Å². The number of hydrogen-bond acceptors (Lipinski definition) is 5. The van der Waals surface area contributed by atoms with E-state index >= 15 is 0 Å². The number of aliphatic carboxylic acids is 1. The molecule has 0 amide bonds. The fraction of sp³-hybridized carbons (Fsp3) is 0.889. The molecule has 5 N–H and O–H groups in total. The molecular formula is C9H16O6. The second-order valence-corrected chi connectivity index (χ2v) is 3.98. The van der Waals surface area contributed by atoms with Crippen LogP contribution in [-0.4, -0.2) is 56.4 Å². The van der Waals surface area contributed by atoms with E-state index in [0.717, 1.165) is 0 Å². The van der Waals surface area contributed by atoms with Crippen molar-refractivity contribution in [1.29, 1.82) is 0 Å². The van der Waals surface area contributed by atoms with Gasteiger partial charge in [-0.3, -0.25) is 4.79 Å². The molecule has 5 atom stereocenters. The van der Waals surface area contributed by atoms with Gasteiger partial charge in [0.05, 0.1) is 24.9 Å². The molecule has 1 saturated carbocycles. The lowest BCUT2D eigenvalue weighted by molar-refractivity contribution is -0.139. The van der Waals surface area contributed by atoms with Crippen LogP contribution in [0.1, 0.15) is 12.8 Å². The number of hydrogen-bond donors (Lipinski definition) is 5. The summed E-state index contributed by atoms with van der Waals surface area (Å²) in [6.45, 7) is -0.551. The summed E-state index contributed by atoms with van der Waals surface area (Å²) in [5.74, 6) is -2.33. The van der Waals surface area contributed by atoms with Crippen molar-refractivity contribution in [3.8, 4) is 0 Å².